The van der Waals surface area contributed by atoms with E-state index in [2.05, 4.69) is 0 Å². The first-order valence-electron chi connectivity index (χ1n) is 3.65. The van der Waals surface area contributed by atoms with Crippen molar-refractivity contribution in [1.29, 1.82) is 0 Å². The molecule has 0 aliphatic rings. The third kappa shape index (κ3) is 3.22. The van der Waals surface area contributed by atoms with Gasteiger partial charge in [0.2, 0.25) is 0 Å². The zero-order chi connectivity index (χ0) is 12.5. The molecule has 90 valence electrons. The van der Waals surface area contributed by atoms with Gasteiger partial charge in [0, 0.05) is 0 Å². The Labute approximate surface area is 94.7 Å². The molecule has 0 spiro atoms. The molecule has 0 saturated heterocycles. The Morgan fingerprint density at radius 1 is 1.00 bits per heavy atom. The molecule has 8 heteroatoms. The van der Waals surface area contributed by atoms with Crippen molar-refractivity contribution in [3.8, 4) is 0 Å². The number of hydrogen-bond acceptors (Lipinski definition) is 0. The Balaban J connectivity index is 5.44. The maximum Gasteiger partial charge on any atom is 0.435 e. The number of hydrogen-bond donors (Lipinski definition) is 0. The van der Waals surface area contributed by atoms with Gasteiger partial charge in [-0.3, -0.25) is 0 Å². The fourth-order valence-electron chi connectivity index (χ4n) is 0.642. The molecule has 0 saturated carbocycles. The molecule has 0 radical (unpaired) electrons. The Morgan fingerprint density at radius 2 is 1.33 bits per heavy atom. The molecule has 0 heterocycles. The van der Waals surface area contributed by atoms with Crippen LogP contribution >= 0.6 is 22.6 Å². The Kier molecular flexibility index (Phi) is 4.45. The largest absolute Gasteiger partial charge is 0.435 e. The van der Waals surface area contributed by atoms with Gasteiger partial charge in [0.1, 0.15) is 0 Å². The van der Waals surface area contributed by atoms with Gasteiger partial charge in [0.25, 0.3) is 0 Å². The second-order valence-corrected chi connectivity index (χ2v) is 4.04. The zero-order valence-corrected chi connectivity index (χ0v) is 9.47. The van der Waals surface area contributed by atoms with Gasteiger partial charge < -0.3 is 0 Å². The molecular formula is C7H6F7I. The minimum absolute atomic E-state index is 0.0988. The van der Waals surface area contributed by atoms with Crippen molar-refractivity contribution in [2.45, 2.75) is 31.4 Å². The predicted octanol–water partition coefficient (Wildman–Crippen LogP) is 4.55. The van der Waals surface area contributed by atoms with Crippen molar-refractivity contribution in [3.05, 3.63) is 9.66 Å². The van der Waals surface area contributed by atoms with E-state index in [0.29, 0.717) is 0 Å². The van der Waals surface area contributed by atoms with E-state index in [1.165, 1.54) is 29.5 Å². The van der Waals surface area contributed by atoms with Gasteiger partial charge in [-0.1, -0.05) is 6.92 Å². The molecule has 0 atom stereocenters. The van der Waals surface area contributed by atoms with Crippen LogP contribution in [0.25, 0.3) is 0 Å². The summed E-state index contributed by atoms with van der Waals surface area (Å²) in [7, 11) is 0. The second kappa shape index (κ2) is 4.46. The summed E-state index contributed by atoms with van der Waals surface area (Å²) in [6.45, 7) is 1.32. The lowest BCUT2D eigenvalue weighted by molar-refractivity contribution is -0.322. The van der Waals surface area contributed by atoms with E-state index in [1.54, 1.807) is 0 Å². The first-order chi connectivity index (χ1) is 6.45. The van der Waals surface area contributed by atoms with Gasteiger partial charge in [0.05, 0.1) is 0 Å². The van der Waals surface area contributed by atoms with E-state index in [1.807, 2.05) is 0 Å². The Hall–Kier alpha value is -0.0200. The lowest BCUT2D eigenvalue weighted by atomic mass is 10.0. The van der Waals surface area contributed by atoms with Crippen molar-refractivity contribution in [2.75, 3.05) is 0 Å². The van der Waals surface area contributed by atoms with E-state index in [-0.39, 0.29) is 10.0 Å². The van der Waals surface area contributed by atoms with Crippen molar-refractivity contribution in [1.82, 2.24) is 0 Å². The normalized spacial score (nSPS) is 15.7. The highest BCUT2D eigenvalue weighted by Gasteiger charge is 2.71. The molecule has 0 unspecified atom stereocenters. The predicted molar refractivity (Wildman–Crippen MR) is 48.3 cm³/mol. The van der Waals surface area contributed by atoms with E-state index >= 15 is 0 Å². The molecular weight excluding hydrogens is 344 g/mol. The van der Waals surface area contributed by atoms with Crippen LogP contribution in [-0.4, -0.2) is 18.0 Å². The molecule has 0 aromatic heterocycles. The van der Waals surface area contributed by atoms with Gasteiger partial charge in [-0.2, -0.15) is 26.3 Å². The topological polar surface area (TPSA) is 0 Å². The number of halogens is 8. The molecule has 0 fully saturated rings. The SMILES string of the molecule is CCC(I)=CC(F)(C(F)(F)F)C(F)(F)F. The van der Waals surface area contributed by atoms with Gasteiger partial charge >= 0.3 is 18.0 Å². The lowest BCUT2D eigenvalue weighted by Gasteiger charge is -2.27. The average molecular weight is 350 g/mol. The average Bonchev–Trinajstić information content (AvgIpc) is 1.99. The van der Waals surface area contributed by atoms with Gasteiger partial charge in [0.15, 0.2) is 0 Å². The van der Waals surface area contributed by atoms with Gasteiger partial charge in [-0.15, -0.1) is 0 Å². The third-order valence-electron chi connectivity index (χ3n) is 1.52. The van der Waals surface area contributed by atoms with E-state index in [0.717, 1.165) is 0 Å². The smallest absolute Gasteiger partial charge is 0.219 e. The minimum atomic E-state index is -6.00. The second-order valence-electron chi connectivity index (χ2n) is 2.65. The van der Waals surface area contributed by atoms with Crippen molar-refractivity contribution < 1.29 is 30.7 Å². The monoisotopic (exact) mass is 350 g/mol. The molecule has 0 nitrogen and oxygen atoms in total. The van der Waals surface area contributed by atoms with E-state index < -0.39 is 24.1 Å². The molecule has 0 amide bonds. The lowest BCUT2D eigenvalue weighted by Crippen LogP contribution is -2.51. The summed E-state index contributed by atoms with van der Waals surface area (Å²) in [4.78, 5) is 0. The summed E-state index contributed by atoms with van der Waals surface area (Å²) in [5, 5.41) is 0. The van der Waals surface area contributed by atoms with Crippen LogP contribution in [0.3, 0.4) is 0 Å². The fraction of sp³-hybridized carbons (Fsp3) is 0.714. The zero-order valence-electron chi connectivity index (χ0n) is 7.31. The highest BCUT2D eigenvalue weighted by atomic mass is 127. The van der Waals surface area contributed by atoms with Crippen LogP contribution in [0.15, 0.2) is 9.66 Å². The summed E-state index contributed by atoms with van der Waals surface area (Å²) in [6, 6.07) is 0. The molecule has 15 heavy (non-hydrogen) atoms. The molecule has 0 aliphatic heterocycles. The molecule has 0 rings (SSSR count). The van der Waals surface area contributed by atoms with Crippen LogP contribution in [0, 0.1) is 0 Å². The molecule has 0 aromatic rings. The molecule has 0 aromatic carbocycles. The van der Waals surface area contributed by atoms with E-state index in [9.17, 15) is 30.7 Å². The van der Waals surface area contributed by atoms with Crippen LogP contribution in [0.5, 0.6) is 0 Å². The first kappa shape index (κ1) is 15.0. The standard InChI is InChI=1S/C7H6F7I/c1-2-4(15)3-5(8,6(9,10)11)7(12,13)14/h3H,2H2,1H3. The Bertz CT molecular complexity index is 235. The first-order valence-corrected chi connectivity index (χ1v) is 4.73. The summed E-state index contributed by atoms with van der Waals surface area (Å²) >= 11 is 1.23. The molecule has 0 bridgehead atoms. The quantitative estimate of drug-likeness (QED) is 0.507. The third-order valence-corrected chi connectivity index (χ3v) is 2.59. The van der Waals surface area contributed by atoms with Crippen molar-refractivity contribution in [3.63, 3.8) is 0 Å². The molecule has 0 aliphatic carbocycles. The number of allylic oxidation sites excluding steroid dienone is 2. The number of alkyl halides is 7. The van der Waals surface area contributed by atoms with Crippen LogP contribution < -0.4 is 0 Å². The Morgan fingerprint density at radius 3 is 1.53 bits per heavy atom. The van der Waals surface area contributed by atoms with Crippen LogP contribution in [-0.2, 0) is 0 Å². The highest BCUT2D eigenvalue weighted by Crippen LogP contribution is 2.48. The minimum Gasteiger partial charge on any atom is -0.219 e. The number of rotatable bonds is 2. The maximum absolute atomic E-state index is 12.9. The highest BCUT2D eigenvalue weighted by molar-refractivity contribution is 14.1. The van der Waals surface area contributed by atoms with Gasteiger partial charge in [-0.25, -0.2) is 4.39 Å². The van der Waals surface area contributed by atoms with Crippen LogP contribution in [0.2, 0.25) is 0 Å². The fourth-order valence-corrected chi connectivity index (χ4v) is 1.07. The summed E-state index contributed by atoms with van der Waals surface area (Å²) in [5.41, 5.74) is -5.27. The molecule has 0 N–H and O–H groups in total. The van der Waals surface area contributed by atoms with Crippen LogP contribution in [0.4, 0.5) is 30.7 Å². The maximum atomic E-state index is 12.9. The van der Waals surface area contributed by atoms with E-state index in [4.69, 9.17) is 0 Å². The summed E-state index contributed by atoms with van der Waals surface area (Å²) in [6.07, 6.45) is -12.5. The van der Waals surface area contributed by atoms with Gasteiger partial charge in [-0.05, 0) is 38.7 Å². The summed E-state index contributed by atoms with van der Waals surface area (Å²) in [5.74, 6) is 0. The van der Waals surface area contributed by atoms with Crippen LogP contribution in [0.1, 0.15) is 13.3 Å². The summed E-state index contributed by atoms with van der Waals surface area (Å²) < 4.78 is 84.3. The van der Waals surface area contributed by atoms with Crippen molar-refractivity contribution in [2.24, 2.45) is 0 Å². The van der Waals surface area contributed by atoms with Crippen molar-refractivity contribution >= 4 is 22.6 Å².